The molecule has 2 atom stereocenters. The minimum absolute atomic E-state index is 0.0589. The molecule has 1 fully saturated rings. The summed E-state index contributed by atoms with van der Waals surface area (Å²) in [5, 5.41) is 7.31. The minimum Gasteiger partial charge on any atom is -0.349 e. The van der Waals surface area contributed by atoms with E-state index in [1.165, 1.54) is 12.1 Å². The molecule has 0 saturated carbocycles. The van der Waals surface area contributed by atoms with Crippen LogP contribution < -0.4 is 10.6 Å². The number of carbonyl (C=O) groups excluding carboxylic acids is 1. The highest BCUT2D eigenvalue weighted by Crippen LogP contribution is 2.31. The highest BCUT2D eigenvalue weighted by molar-refractivity contribution is 7.99. The third kappa shape index (κ3) is 4.80. The van der Waals surface area contributed by atoms with E-state index in [4.69, 9.17) is 0 Å². The Labute approximate surface area is 155 Å². The van der Waals surface area contributed by atoms with E-state index >= 15 is 0 Å². The molecule has 2 heterocycles. The van der Waals surface area contributed by atoms with E-state index in [2.05, 4.69) is 15.6 Å². The molecular weight excluding hydrogens is 357 g/mol. The van der Waals surface area contributed by atoms with E-state index in [1.54, 1.807) is 23.5 Å². The molecule has 0 aliphatic carbocycles. The Morgan fingerprint density at radius 3 is 2.88 bits per heavy atom. The van der Waals surface area contributed by atoms with Gasteiger partial charge in [-0.15, -0.1) is 11.3 Å². The van der Waals surface area contributed by atoms with E-state index in [0.717, 1.165) is 39.2 Å². The number of benzene rings is 1. The van der Waals surface area contributed by atoms with Crippen molar-refractivity contribution in [1.82, 2.24) is 15.6 Å². The van der Waals surface area contributed by atoms with E-state index in [9.17, 15) is 9.18 Å². The Bertz CT molecular complexity index is 726. The molecule has 2 aromatic rings. The summed E-state index contributed by atoms with van der Waals surface area (Å²) >= 11 is 3.43. The van der Waals surface area contributed by atoms with Crippen molar-refractivity contribution in [2.24, 2.45) is 0 Å². The van der Waals surface area contributed by atoms with Crippen LogP contribution in [0.2, 0.25) is 0 Å². The fourth-order valence-electron chi connectivity index (χ4n) is 2.87. The number of hydrogen-bond acceptors (Lipinski definition) is 5. The first-order valence-electron chi connectivity index (χ1n) is 8.36. The zero-order valence-electron chi connectivity index (χ0n) is 14.3. The number of thiazole rings is 1. The molecule has 1 aliphatic rings. The first-order valence-corrected chi connectivity index (χ1v) is 10.3. The molecule has 1 aliphatic heterocycles. The van der Waals surface area contributed by atoms with Crippen molar-refractivity contribution in [3.05, 3.63) is 40.7 Å². The Morgan fingerprint density at radius 2 is 2.20 bits per heavy atom. The van der Waals surface area contributed by atoms with Gasteiger partial charge in [0.25, 0.3) is 0 Å². The molecule has 134 valence electrons. The maximum atomic E-state index is 13.1. The number of amides is 1. The van der Waals surface area contributed by atoms with Gasteiger partial charge in [0.15, 0.2) is 0 Å². The summed E-state index contributed by atoms with van der Waals surface area (Å²) in [5.74, 6) is 1.90. The van der Waals surface area contributed by atoms with Crippen LogP contribution in [0.5, 0.6) is 0 Å². The van der Waals surface area contributed by atoms with Crippen LogP contribution in [0.3, 0.4) is 0 Å². The second-order valence-electron chi connectivity index (χ2n) is 6.19. The normalized spacial score (nSPS) is 18.8. The number of nitrogens with zero attached hydrogens (tertiary/aromatic N) is 1. The summed E-state index contributed by atoms with van der Waals surface area (Å²) in [7, 11) is 0. The topological polar surface area (TPSA) is 54.0 Å². The molecule has 1 aromatic heterocycles. The van der Waals surface area contributed by atoms with Gasteiger partial charge in [0.2, 0.25) is 5.91 Å². The summed E-state index contributed by atoms with van der Waals surface area (Å²) in [5.41, 5.74) is 1.80. The second-order valence-corrected chi connectivity index (χ2v) is 8.38. The monoisotopic (exact) mass is 379 g/mol. The molecule has 7 heteroatoms. The number of halogens is 1. The highest BCUT2D eigenvalue weighted by atomic mass is 32.2. The van der Waals surface area contributed by atoms with Gasteiger partial charge in [-0.3, -0.25) is 4.79 Å². The van der Waals surface area contributed by atoms with E-state index in [0.29, 0.717) is 6.42 Å². The van der Waals surface area contributed by atoms with Gasteiger partial charge in [0, 0.05) is 36.1 Å². The van der Waals surface area contributed by atoms with Gasteiger partial charge in [-0.25, -0.2) is 9.37 Å². The van der Waals surface area contributed by atoms with Crippen molar-refractivity contribution >= 4 is 29.0 Å². The van der Waals surface area contributed by atoms with Crippen LogP contribution >= 0.6 is 23.1 Å². The van der Waals surface area contributed by atoms with Gasteiger partial charge in [0.1, 0.15) is 10.8 Å². The zero-order valence-corrected chi connectivity index (χ0v) is 16.0. The number of carbonyl (C=O) groups is 1. The maximum Gasteiger partial charge on any atom is 0.222 e. The van der Waals surface area contributed by atoms with Crippen molar-refractivity contribution in [2.75, 3.05) is 18.1 Å². The largest absolute Gasteiger partial charge is 0.349 e. The van der Waals surface area contributed by atoms with Crippen LogP contribution in [0.4, 0.5) is 4.39 Å². The van der Waals surface area contributed by atoms with Crippen molar-refractivity contribution in [2.45, 2.75) is 32.4 Å². The predicted molar refractivity (Wildman–Crippen MR) is 103 cm³/mol. The maximum absolute atomic E-state index is 13.1. The lowest BCUT2D eigenvalue weighted by atomic mass is 10.2. The van der Waals surface area contributed by atoms with Crippen LogP contribution in [-0.2, 0) is 4.79 Å². The molecule has 25 heavy (non-hydrogen) atoms. The molecule has 4 nitrogen and oxygen atoms in total. The van der Waals surface area contributed by atoms with Gasteiger partial charge in [-0.05, 0) is 38.1 Å². The molecule has 1 saturated heterocycles. The number of thioether (sulfide) groups is 1. The Balaban J connectivity index is 1.64. The van der Waals surface area contributed by atoms with Crippen molar-refractivity contribution in [1.29, 1.82) is 0 Å². The van der Waals surface area contributed by atoms with Crippen LogP contribution in [0.15, 0.2) is 24.3 Å². The van der Waals surface area contributed by atoms with Crippen LogP contribution in [-0.4, -0.2) is 35.0 Å². The summed E-state index contributed by atoms with van der Waals surface area (Å²) in [4.78, 5) is 17.9. The number of nitrogens with one attached hydrogen (secondary N) is 2. The number of hydrogen-bond donors (Lipinski definition) is 2. The standard InChI is InChI=1S/C18H22FN3OS2/c1-11(21-16(23)9-15-10-24-8-7-20-15)17-12(2)22-18(25-17)13-3-5-14(19)6-4-13/h3-6,11,15,20H,7-10H2,1-2H3,(H,21,23). The first-order chi connectivity index (χ1) is 12.0. The first kappa shape index (κ1) is 18.4. The summed E-state index contributed by atoms with van der Waals surface area (Å²) < 4.78 is 13.1. The minimum atomic E-state index is -0.257. The van der Waals surface area contributed by atoms with Crippen molar-refractivity contribution in [3.8, 4) is 10.6 Å². The Hall–Kier alpha value is -1.44. The number of aryl methyl sites for hydroxylation is 1. The van der Waals surface area contributed by atoms with E-state index in [1.807, 2.05) is 25.6 Å². The second kappa shape index (κ2) is 8.29. The Kier molecular flexibility index (Phi) is 6.09. The summed E-state index contributed by atoms with van der Waals surface area (Å²) in [6.07, 6.45) is 0.500. The molecule has 0 radical (unpaired) electrons. The third-order valence-corrected chi connectivity index (χ3v) is 6.64. The summed E-state index contributed by atoms with van der Waals surface area (Å²) in [6, 6.07) is 6.50. The lowest BCUT2D eigenvalue weighted by Gasteiger charge is -2.23. The van der Waals surface area contributed by atoms with Crippen molar-refractivity contribution < 1.29 is 9.18 Å². The molecule has 0 spiro atoms. The lowest BCUT2D eigenvalue weighted by Crippen LogP contribution is -2.41. The Morgan fingerprint density at radius 1 is 1.44 bits per heavy atom. The van der Waals surface area contributed by atoms with E-state index in [-0.39, 0.29) is 23.8 Å². The fraction of sp³-hybridized carbons (Fsp3) is 0.444. The quantitative estimate of drug-likeness (QED) is 0.834. The summed E-state index contributed by atoms with van der Waals surface area (Å²) in [6.45, 7) is 4.89. The number of aromatic nitrogens is 1. The van der Waals surface area contributed by atoms with Crippen molar-refractivity contribution in [3.63, 3.8) is 0 Å². The zero-order chi connectivity index (χ0) is 17.8. The SMILES string of the molecule is Cc1nc(-c2ccc(F)cc2)sc1C(C)NC(=O)CC1CSCCN1. The van der Waals surface area contributed by atoms with Gasteiger partial charge >= 0.3 is 0 Å². The van der Waals surface area contributed by atoms with Gasteiger partial charge in [0.05, 0.1) is 16.6 Å². The third-order valence-electron chi connectivity index (χ3n) is 4.12. The van der Waals surface area contributed by atoms with Crippen LogP contribution in [0, 0.1) is 12.7 Å². The van der Waals surface area contributed by atoms with Gasteiger partial charge in [-0.2, -0.15) is 11.8 Å². The number of rotatable bonds is 5. The highest BCUT2D eigenvalue weighted by Gasteiger charge is 2.20. The van der Waals surface area contributed by atoms with Crippen LogP contribution in [0.25, 0.3) is 10.6 Å². The van der Waals surface area contributed by atoms with E-state index < -0.39 is 0 Å². The molecule has 3 rings (SSSR count). The molecule has 1 aromatic carbocycles. The molecule has 0 bridgehead atoms. The predicted octanol–water partition coefficient (Wildman–Crippen LogP) is 3.53. The van der Waals surface area contributed by atoms with Gasteiger partial charge in [-0.1, -0.05) is 0 Å². The smallest absolute Gasteiger partial charge is 0.222 e. The molecule has 1 amide bonds. The molecule has 2 unspecified atom stereocenters. The molecule has 2 N–H and O–H groups in total. The van der Waals surface area contributed by atoms with Crippen LogP contribution in [0.1, 0.15) is 30.0 Å². The van der Waals surface area contributed by atoms with Gasteiger partial charge < -0.3 is 10.6 Å². The lowest BCUT2D eigenvalue weighted by molar-refractivity contribution is -0.122. The fourth-order valence-corrected chi connectivity index (χ4v) is 4.89. The molecular formula is C18H22FN3OS2. The average molecular weight is 380 g/mol. The average Bonchev–Trinajstić information content (AvgIpc) is 2.98.